The van der Waals surface area contributed by atoms with E-state index >= 15 is 0 Å². The van der Waals surface area contributed by atoms with Gasteiger partial charge in [0.2, 0.25) is 0 Å². The lowest BCUT2D eigenvalue weighted by Gasteiger charge is -2.31. The van der Waals surface area contributed by atoms with Gasteiger partial charge in [-0.25, -0.2) is 4.79 Å². The summed E-state index contributed by atoms with van der Waals surface area (Å²) in [5, 5.41) is 11.8. The van der Waals surface area contributed by atoms with Crippen LogP contribution in [-0.4, -0.2) is 53.7 Å². The second kappa shape index (κ2) is 12.6. The number of nitrogens with zero attached hydrogens (tertiary/aromatic N) is 1. The SMILES string of the molecule is O=C(O)Cc1ccc(OC2CCN(C(=O)Oc3ccc(C(=O)NCCc4ccccc4)cc3)CC2)cc1. The molecule has 0 aliphatic carbocycles. The van der Waals surface area contributed by atoms with Crippen LogP contribution in [0.15, 0.2) is 78.9 Å². The smallest absolute Gasteiger partial charge is 0.415 e. The van der Waals surface area contributed by atoms with Crippen molar-refractivity contribution in [2.45, 2.75) is 31.8 Å². The Morgan fingerprint density at radius 2 is 1.49 bits per heavy atom. The molecule has 8 heteroatoms. The van der Waals surface area contributed by atoms with Gasteiger partial charge in [0.05, 0.1) is 6.42 Å². The van der Waals surface area contributed by atoms with Crippen LogP contribution in [0.5, 0.6) is 11.5 Å². The van der Waals surface area contributed by atoms with Crippen LogP contribution < -0.4 is 14.8 Å². The summed E-state index contributed by atoms with van der Waals surface area (Å²) in [6, 6.07) is 23.5. The second-order valence-corrected chi connectivity index (χ2v) is 8.90. The van der Waals surface area contributed by atoms with E-state index in [1.165, 1.54) is 0 Å². The fourth-order valence-corrected chi connectivity index (χ4v) is 4.12. The van der Waals surface area contributed by atoms with Gasteiger partial charge in [-0.15, -0.1) is 0 Å². The molecule has 0 saturated carbocycles. The van der Waals surface area contributed by atoms with Crippen LogP contribution in [0.2, 0.25) is 0 Å². The number of carbonyl (C=O) groups excluding carboxylic acids is 2. The van der Waals surface area contributed by atoms with Crippen LogP contribution in [0.1, 0.15) is 34.3 Å². The molecule has 1 aliphatic heterocycles. The van der Waals surface area contributed by atoms with E-state index in [4.69, 9.17) is 14.6 Å². The zero-order valence-electron chi connectivity index (χ0n) is 20.5. The van der Waals surface area contributed by atoms with Gasteiger partial charge >= 0.3 is 12.1 Å². The summed E-state index contributed by atoms with van der Waals surface area (Å²) in [7, 11) is 0. The lowest BCUT2D eigenvalue weighted by molar-refractivity contribution is -0.136. The van der Waals surface area contributed by atoms with Gasteiger partial charge in [-0.3, -0.25) is 9.59 Å². The van der Waals surface area contributed by atoms with Crippen LogP contribution >= 0.6 is 0 Å². The van der Waals surface area contributed by atoms with E-state index in [0.717, 1.165) is 12.0 Å². The lowest BCUT2D eigenvalue weighted by Crippen LogP contribution is -2.43. The molecule has 1 heterocycles. The van der Waals surface area contributed by atoms with E-state index in [-0.39, 0.29) is 18.4 Å². The molecule has 0 radical (unpaired) electrons. The zero-order valence-corrected chi connectivity index (χ0v) is 20.5. The van der Waals surface area contributed by atoms with Crippen LogP contribution in [0, 0.1) is 0 Å². The Kier molecular flexibility index (Phi) is 8.75. The minimum absolute atomic E-state index is 0.0224. The molecule has 1 saturated heterocycles. The molecular weight excluding hydrogens is 472 g/mol. The molecule has 0 aromatic heterocycles. The highest BCUT2D eigenvalue weighted by molar-refractivity contribution is 5.94. The van der Waals surface area contributed by atoms with E-state index in [0.29, 0.717) is 55.1 Å². The Morgan fingerprint density at radius 1 is 0.838 bits per heavy atom. The molecule has 2 amide bonds. The second-order valence-electron chi connectivity index (χ2n) is 8.90. The fourth-order valence-electron chi connectivity index (χ4n) is 4.12. The van der Waals surface area contributed by atoms with Crippen molar-refractivity contribution in [1.29, 1.82) is 0 Å². The van der Waals surface area contributed by atoms with Gasteiger partial charge in [0.1, 0.15) is 17.6 Å². The highest BCUT2D eigenvalue weighted by Gasteiger charge is 2.25. The van der Waals surface area contributed by atoms with Crippen molar-refractivity contribution in [2.75, 3.05) is 19.6 Å². The van der Waals surface area contributed by atoms with Gasteiger partial charge in [0.15, 0.2) is 0 Å². The quantitative estimate of drug-likeness (QED) is 0.451. The number of amides is 2. The summed E-state index contributed by atoms with van der Waals surface area (Å²) in [4.78, 5) is 37.4. The molecule has 4 rings (SSSR count). The standard InChI is InChI=1S/C29H30N2O6/c32-27(33)20-22-6-10-24(11-7-22)36-26-15-18-31(19-16-26)29(35)37-25-12-8-23(9-13-25)28(34)30-17-14-21-4-2-1-3-5-21/h1-13,26H,14-20H2,(H,30,34)(H,32,33). The molecule has 0 atom stereocenters. The molecule has 2 N–H and O–H groups in total. The summed E-state index contributed by atoms with van der Waals surface area (Å²) in [6.07, 6.45) is 1.59. The Bertz CT molecular complexity index is 1190. The summed E-state index contributed by atoms with van der Waals surface area (Å²) >= 11 is 0. The molecule has 192 valence electrons. The van der Waals surface area contributed by atoms with Crippen molar-refractivity contribution in [3.05, 3.63) is 95.6 Å². The van der Waals surface area contributed by atoms with Crippen LogP contribution in [0.25, 0.3) is 0 Å². The molecule has 3 aromatic carbocycles. The van der Waals surface area contributed by atoms with Gasteiger partial charge < -0.3 is 24.8 Å². The van der Waals surface area contributed by atoms with Crippen molar-refractivity contribution in [3.63, 3.8) is 0 Å². The lowest BCUT2D eigenvalue weighted by atomic mass is 10.1. The monoisotopic (exact) mass is 502 g/mol. The van der Waals surface area contributed by atoms with Gasteiger partial charge in [0.25, 0.3) is 5.91 Å². The maximum Gasteiger partial charge on any atom is 0.415 e. The highest BCUT2D eigenvalue weighted by Crippen LogP contribution is 2.21. The number of ether oxygens (including phenoxy) is 2. The number of likely N-dealkylation sites (tertiary alicyclic amines) is 1. The first-order valence-corrected chi connectivity index (χ1v) is 12.3. The predicted octanol–water partition coefficient (Wildman–Crippen LogP) is 4.33. The maximum atomic E-state index is 12.6. The maximum absolute atomic E-state index is 12.6. The molecule has 0 unspecified atom stereocenters. The predicted molar refractivity (Wildman–Crippen MR) is 138 cm³/mol. The third-order valence-corrected chi connectivity index (χ3v) is 6.15. The Balaban J connectivity index is 1.18. The fraction of sp³-hybridized carbons (Fsp3) is 0.276. The Labute approximate surface area is 215 Å². The molecular formula is C29H30N2O6. The topological polar surface area (TPSA) is 105 Å². The first-order chi connectivity index (χ1) is 18.0. The molecule has 0 bridgehead atoms. The molecule has 3 aromatic rings. The van der Waals surface area contributed by atoms with Crippen LogP contribution in [0.4, 0.5) is 4.79 Å². The molecule has 8 nitrogen and oxygen atoms in total. The average Bonchev–Trinajstić information content (AvgIpc) is 2.91. The number of carboxylic acids is 1. The van der Waals surface area contributed by atoms with E-state index < -0.39 is 12.1 Å². The minimum Gasteiger partial charge on any atom is -0.490 e. The molecule has 1 fully saturated rings. The Morgan fingerprint density at radius 3 is 2.14 bits per heavy atom. The third-order valence-electron chi connectivity index (χ3n) is 6.15. The third kappa shape index (κ3) is 7.83. The number of benzene rings is 3. The first-order valence-electron chi connectivity index (χ1n) is 12.3. The number of nitrogens with one attached hydrogen (secondary N) is 1. The number of piperidine rings is 1. The minimum atomic E-state index is -0.871. The number of carbonyl (C=O) groups is 3. The number of carboxylic acid groups (broad SMARTS) is 1. The summed E-state index contributed by atoms with van der Waals surface area (Å²) < 4.78 is 11.5. The van der Waals surface area contributed by atoms with E-state index in [1.54, 1.807) is 53.4 Å². The largest absolute Gasteiger partial charge is 0.490 e. The molecule has 1 aliphatic rings. The molecule has 0 spiro atoms. The van der Waals surface area contributed by atoms with Crippen molar-refractivity contribution in [3.8, 4) is 11.5 Å². The molecule has 37 heavy (non-hydrogen) atoms. The summed E-state index contributed by atoms with van der Waals surface area (Å²) in [6.45, 7) is 1.54. The number of hydrogen-bond acceptors (Lipinski definition) is 5. The number of hydrogen-bond donors (Lipinski definition) is 2. The van der Waals surface area contributed by atoms with Crippen molar-refractivity contribution < 1.29 is 29.0 Å². The average molecular weight is 503 g/mol. The van der Waals surface area contributed by atoms with Gasteiger partial charge in [-0.1, -0.05) is 42.5 Å². The normalized spacial score (nSPS) is 13.6. The van der Waals surface area contributed by atoms with Gasteiger partial charge in [-0.2, -0.15) is 0 Å². The number of rotatable bonds is 9. The Hall–Kier alpha value is -4.33. The van der Waals surface area contributed by atoms with E-state index in [2.05, 4.69) is 5.32 Å². The van der Waals surface area contributed by atoms with Crippen molar-refractivity contribution in [1.82, 2.24) is 10.2 Å². The summed E-state index contributed by atoms with van der Waals surface area (Å²) in [5.74, 6) is 0.0151. The highest BCUT2D eigenvalue weighted by atomic mass is 16.6. The van der Waals surface area contributed by atoms with Crippen molar-refractivity contribution >= 4 is 18.0 Å². The van der Waals surface area contributed by atoms with Crippen LogP contribution in [-0.2, 0) is 17.6 Å². The zero-order chi connectivity index (χ0) is 26.0. The van der Waals surface area contributed by atoms with E-state index in [1.807, 2.05) is 30.3 Å². The first kappa shape index (κ1) is 25.8. The van der Waals surface area contributed by atoms with Gasteiger partial charge in [0, 0.05) is 38.0 Å². The summed E-state index contributed by atoms with van der Waals surface area (Å²) in [5.41, 5.74) is 2.38. The number of aliphatic carboxylic acids is 1. The van der Waals surface area contributed by atoms with Crippen molar-refractivity contribution in [2.24, 2.45) is 0 Å². The van der Waals surface area contributed by atoms with Crippen LogP contribution in [0.3, 0.4) is 0 Å². The van der Waals surface area contributed by atoms with E-state index in [9.17, 15) is 14.4 Å². The van der Waals surface area contributed by atoms with Gasteiger partial charge in [-0.05, 0) is 53.9 Å².